The van der Waals surface area contributed by atoms with E-state index in [0.717, 1.165) is 32.3 Å². The monoisotopic (exact) mass is 1040 g/mol. The van der Waals surface area contributed by atoms with Crippen LogP contribution in [0.2, 0.25) is 0 Å². The van der Waals surface area contributed by atoms with E-state index in [1.54, 1.807) is 6.92 Å². The molecule has 81 heavy (non-hydrogen) atoms. The minimum Gasteiger partial charge on any atom is -0.460 e. The molecule has 0 heterocycles. The Morgan fingerprint density at radius 1 is 0.358 bits per heavy atom. The van der Waals surface area contributed by atoms with Crippen LogP contribution in [0.4, 0.5) is 0 Å². The molecule has 0 atom stereocenters. The highest BCUT2D eigenvalue weighted by molar-refractivity contribution is 5.84. The first-order valence-electron chi connectivity index (χ1n) is 24.5. The van der Waals surface area contributed by atoms with Gasteiger partial charge >= 0.3 is 5.97 Å². The number of ether oxygens (including phenoxy) is 2. The maximum absolute atomic E-state index is 11.6. The number of carbonyl (C=O) groups excluding carboxylic acids is 2. The van der Waals surface area contributed by atoms with Crippen molar-refractivity contribution in [2.24, 2.45) is 16.2 Å². The third-order valence-electron chi connectivity index (χ3n) is 8.47. The van der Waals surface area contributed by atoms with E-state index in [9.17, 15) is 9.59 Å². The van der Waals surface area contributed by atoms with E-state index in [2.05, 4.69) is 332 Å². The van der Waals surface area contributed by atoms with Crippen molar-refractivity contribution in [3.05, 3.63) is 0 Å². The van der Waals surface area contributed by atoms with Crippen LogP contribution in [0.1, 0.15) is 129 Å². The van der Waals surface area contributed by atoms with Crippen LogP contribution >= 0.6 is 0 Å². The zero-order valence-corrected chi connectivity index (χ0v) is 48.4. The van der Waals surface area contributed by atoms with Gasteiger partial charge in [0.15, 0.2) is 0 Å². The zero-order chi connectivity index (χ0) is 60.9. The molecule has 0 saturated carbocycles. The Morgan fingerprint density at radius 2 is 0.605 bits per heavy atom. The molecule has 4 nitrogen and oxygen atoms in total. The number of Topliss-reactive ketones (excluding diaryl/α,β-unsaturated/α-hetero) is 1. The van der Waals surface area contributed by atoms with Crippen molar-refractivity contribution in [1.29, 1.82) is 0 Å². The number of esters is 1. The third-order valence-corrected chi connectivity index (χ3v) is 8.47. The van der Waals surface area contributed by atoms with Crippen LogP contribution in [0.5, 0.6) is 0 Å². The van der Waals surface area contributed by atoms with Crippen LogP contribution in [0.15, 0.2) is 0 Å². The van der Waals surface area contributed by atoms with Crippen LogP contribution < -0.4 is 0 Å². The first kappa shape index (κ1) is 73.3. The molecule has 0 aromatic heterocycles. The summed E-state index contributed by atoms with van der Waals surface area (Å²) >= 11 is 0. The van der Waals surface area contributed by atoms with E-state index in [1.807, 2.05) is 41.5 Å². The van der Waals surface area contributed by atoms with Crippen LogP contribution in [0.25, 0.3) is 0 Å². The first-order chi connectivity index (χ1) is 38.8. The van der Waals surface area contributed by atoms with Gasteiger partial charge in [-0.15, -0.1) is 6.42 Å². The topological polar surface area (TPSA) is 52.6 Å². The summed E-state index contributed by atoms with van der Waals surface area (Å²) in [5.74, 6) is 122. The van der Waals surface area contributed by atoms with Gasteiger partial charge in [0.2, 0.25) is 0 Å². The van der Waals surface area contributed by atoms with Crippen molar-refractivity contribution in [1.82, 2.24) is 0 Å². The van der Waals surface area contributed by atoms with E-state index in [0.29, 0.717) is 30.6 Å². The lowest BCUT2D eigenvalue weighted by Gasteiger charge is -2.26. The molecule has 0 aliphatic heterocycles. The second-order valence-electron chi connectivity index (χ2n) is 18.2. The standard InChI is InChI=1S/C51H4.C15H30O3.C11H22O/c1-3-5-7-9-11-13-15-17-19-21-23-25-27-29-31-33-35-37-39-41-43-45-47-49-51-50-48-46-44-42-40-38-36-34-32-30-28-26-24-22-20-18-16-14-12-10-8-6-4-2;1-7-15(5,6)10-12-17-11-8-9-13(16)18-14(2,3)4;1-7-11(5,6)8-9(12)10(2,3)4/h1H,2H3;7-12H2,1-6H3;7-8H2,1-6H3. The number of hydrogen-bond donors (Lipinski definition) is 0. The van der Waals surface area contributed by atoms with Crippen molar-refractivity contribution >= 4 is 11.8 Å². The molecule has 0 saturated heterocycles. The SMILES string of the molecule is C#CC#CC#CC#CC#CC#CC#CC#CC#CC#CC#CC#CC#CC#CC#CC#CC#CC#CC#CC#CC#CC#CC#CC#CC#CC.CCC(C)(C)CC(=O)C(C)(C)C.CCC(C)(C)CCOCCCC(=O)OC(C)(C)C. The quantitative estimate of drug-likeness (QED) is 0.119. The maximum Gasteiger partial charge on any atom is 0.306 e. The minimum atomic E-state index is -0.386. The number of rotatable bonds is 11. The van der Waals surface area contributed by atoms with Crippen molar-refractivity contribution in [2.75, 3.05) is 13.2 Å². The zero-order valence-electron chi connectivity index (χ0n) is 48.4. The smallest absolute Gasteiger partial charge is 0.306 e. The number of hydrogen-bond acceptors (Lipinski definition) is 4. The number of ketones is 1. The first-order valence-corrected chi connectivity index (χ1v) is 24.5. The average Bonchev–Trinajstić information content (AvgIpc) is 3.42. The summed E-state index contributed by atoms with van der Waals surface area (Å²) in [6.07, 6.45) is 10.1. The molecule has 0 aliphatic carbocycles. The second-order valence-corrected chi connectivity index (χ2v) is 18.2. The summed E-state index contributed by atoms with van der Waals surface area (Å²) in [5, 5.41) is 0. The molecular formula is C77H56O4. The molecule has 0 aromatic rings. The molecule has 0 bridgehead atoms. The summed E-state index contributed by atoms with van der Waals surface area (Å²) in [7, 11) is 0. The molecule has 0 fully saturated rings. The van der Waals surface area contributed by atoms with Crippen LogP contribution in [0, 0.1) is 313 Å². The van der Waals surface area contributed by atoms with Gasteiger partial charge in [-0.3, -0.25) is 9.59 Å². The summed E-state index contributed by atoms with van der Waals surface area (Å²) < 4.78 is 10.8. The normalized spacial score (nSPS) is 7.21. The van der Waals surface area contributed by atoms with E-state index in [-0.39, 0.29) is 22.4 Å². The van der Waals surface area contributed by atoms with E-state index < -0.39 is 0 Å². The van der Waals surface area contributed by atoms with Gasteiger partial charge in [-0.25, -0.2) is 0 Å². The molecule has 0 amide bonds. The highest BCUT2D eigenvalue weighted by Gasteiger charge is 2.27. The van der Waals surface area contributed by atoms with Crippen LogP contribution in [0.3, 0.4) is 0 Å². The van der Waals surface area contributed by atoms with Crippen molar-refractivity contribution in [3.8, 4) is 297 Å². The molecule has 0 spiro atoms. The molecular weight excluding hydrogens is 989 g/mol. The molecule has 4 heteroatoms. The number of terminal acetylenes is 1. The second kappa shape index (κ2) is 51.6. The maximum atomic E-state index is 11.6. The molecule has 0 unspecified atom stereocenters. The Bertz CT molecular complexity index is 3960. The average molecular weight is 1050 g/mol. The van der Waals surface area contributed by atoms with Gasteiger partial charge < -0.3 is 9.47 Å². The van der Waals surface area contributed by atoms with Crippen molar-refractivity contribution in [3.63, 3.8) is 0 Å². The molecule has 0 rings (SSSR count). The van der Waals surface area contributed by atoms with Gasteiger partial charge in [0.05, 0.1) is 0 Å². The summed E-state index contributed by atoms with van der Waals surface area (Å²) in [6, 6.07) is 0. The molecule has 0 aromatic carbocycles. The van der Waals surface area contributed by atoms with Crippen LogP contribution in [-0.2, 0) is 19.1 Å². The Hall–Kier alpha value is -11.9. The summed E-state index contributed by atoms with van der Waals surface area (Å²) in [4.78, 5) is 23.1. The van der Waals surface area contributed by atoms with Crippen molar-refractivity contribution < 1.29 is 19.1 Å². The molecule has 0 radical (unpaired) electrons. The largest absolute Gasteiger partial charge is 0.460 e. The Balaban J connectivity index is -0.00000163. The Kier molecular flexibility index (Phi) is 46.7. The summed E-state index contributed by atoms with van der Waals surface area (Å²) in [6.45, 7) is 27.8. The van der Waals surface area contributed by atoms with Gasteiger partial charge in [0, 0.05) is 221 Å². The van der Waals surface area contributed by atoms with Gasteiger partial charge in [-0.05, 0) is 146 Å². The van der Waals surface area contributed by atoms with Gasteiger partial charge in [0.25, 0.3) is 0 Å². The fourth-order valence-electron chi connectivity index (χ4n) is 3.67. The lowest BCUT2D eigenvalue weighted by atomic mass is 9.78. The predicted octanol–water partition coefficient (Wildman–Crippen LogP) is 8.10. The van der Waals surface area contributed by atoms with Gasteiger partial charge in [0.1, 0.15) is 11.4 Å². The van der Waals surface area contributed by atoms with Gasteiger partial charge in [-0.2, -0.15) is 0 Å². The van der Waals surface area contributed by atoms with E-state index in [4.69, 9.17) is 15.9 Å². The van der Waals surface area contributed by atoms with Gasteiger partial charge in [-0.1, -0.05) is 81.1 Å². The summed E-state index contributed by atoms with van der Waals surface area (Å²) in [5.41, 5.74) is -0.0366. The van der Waals surface area contributed by atoms with E-state index >= 15 is 0 Å². The number of carbonyl (C=O) groups is 2. The Morgan fingerprint density at radius 3 is 0.815 bits per heavy atom. The fourth-order valence-corrected chi connectivity index (χ4v) is 3.67. The van der Waals surface area contributed by atoms with Crippen LogP contribution in [-0.4, -0.2) is 30.6 Å². The van der Waals surface area contributed by atoms with E-state index in [1.165, 1.54) is 0 Å². The molecule has 0 aliphatic rings. The highest BCUT2D eigenvalue weighted by atomic mass is 16.6. The highest BCUT2D eigenvalue weighted by Crippen LogP contribution is 2.29. The lowest BCUT2D eigenvalue weighted by Crippen LogP contribution is -2.26. The third kappa shape index (κ3) is 64.2. The fraction of sp³-hybridized carbons (Fsp3) is 0.325. The predicted molar refractivity (Wildman–Crippen MR) is 329 cm³/mol. The molecule has 0 N–H and O–H groups in total. The minimum absolute atomic E-state index is 0.139. The lowest BCUT2D eigenvalue weighted by molar-refractivity contribution is -0.155. The molecule has 388 valence electrons. The Labute approximate surface area is 488 Å². The van der Waals surface area contributed by atoms with Crippen molar-refractivity contribution in [2.45, 2.75) is 134 Å².